The number of carbonyl (C=O) groups is 1. The van der Waals surface area contributed by atoms with Gasteiger partial charge in [0.1, 0.15) is 5.60 Å². The minimum absolute atomic E-state index is 0.0951. The van der Waals surface area contributed by atoms with Crippen molar-refractivity contribution in [1.82, 2.24) is 5.32 Å². The van der Waals surface area contributed by atoms with E-state index in [1.807, 2.05) is 42.5 Å². The summed E-state index contributed by atoms with van der Waals surface area (Å²) in [5.41, 5.74) is 0.799. The molecule has 4 heteroatoms. The fourth-order valence-electron chi connectivity index (χ4n) is 2.85. The van der Waals surface area contributed by atoms with E-state index in [4.69, 9.17) is 11.6 Å². The van der Waals surface area contributed by atoms with E-state index in [9.17, 15) is 9.90 Å². The third-order valence-corrected chi connectivity index (χ3v) is 4.61. The topological polar surface area (TPSA) is 49.3 Å². The Morgan fingerprint density at radius 1 is 1.13 bits per heavy atom. The lowest BCUT2D eigenvalue weighted by molar-refractivity contribution is -0.122. The lowest BCUT2D eigenvalue weighted by Crippen LogP contribution is -2.43. The number of hydrogen-bond donors (Lipinski definition) is 2. The Bertz CT molecular complexity index is 668. The smallest absolute Gasteiger partial charge is 0.224 e. The number of amides is 1. The summed E-state index contributed by atoms with van der Waals surface area (Å²) in [5, 5.41) is 14.6. The van der Waals surface area contributed by atoms with E-state index < -0.39 is 5.60 Å². The first-order valence-corrected chi connectivity index (χ1v) is 8.25. The molecule has 0 aromatic heterocycles. The van der Waals surface area contributed by atoms with Crippen LogP contribution in [0.3, 0.4) is 0 Å². The van der Waals surface area contributed by atoms with Crippen LogP contribution in [-0.2, 0) is 16.8 Å². The van der Waals surface area contributed by atoms with Crippen molar-refractivity contribution in [2.75, 3.05) is 6.54 Å². The molecule has 1 aliphatic rings. The Balaban J connectivity index is 1.63. The lowest BCUT2D eigenvalue weighted by atomic mass is 9.88. The molecule has 3 nitrogen and oxygen atoms in total. The molecular weight excluding hydrogens is 310 g/mol. The zero-order valence-electron chi connectivity index (χ0n) is 12.8. The number of nitrogens with one attached hydrogen (secondary N) is 1. The Labute approximate surface area is 141 Å². The molecule has 0 heterocycles. The van der Waals surface area contributed by atoms with E-state index in [2.05, 4.69) is 5.32 Å². The van der Waals surface area contributed by atoms with E-state index in [0.717, 1.165) is 24.0 Å². The van der Waals surface area contributed by atoms with Gasteiger partial charge in [-0.1, -0.05) is 54.1 Å². The molecule has 1 aliphatic carbocycles. The fraction of sp³-hybridized carbons (Fsp3) is 0.316. The molecule has 3 rings (SSSR count). The molecule has 2 aromatic rings. The van der Waals surface area contributed by atoms with Crippen molar-refractivity contribution in [1.29, 1.82) is 0 Å². The van der Waals surface area contributed by atoms with Gasteiger partial charge < -0.3 is 10.4 Å². The van der Waals surface area contributed by atoms with Crippen LogP contribution in [0.15, 0.2) is 54.6 Å². The van der Waals surface area contributed by atoms with E-state index in [-0.39, 0.29) is 24.8 Å². The monoisotopic (exact) mass is 329 g/mol. The third-order valence-electron chi connectivity index (χ3n) is 4.36. The second kappa shape index (κ2) is 6.73. The van der Waals surface area contributed by atoms with Crippen LogP contribution in [-0.4, -0.2) is 17.6 Å². The number of carbonyl (C=O) groups excluding carboxylic acids is 1. The van der Waals surface area contributed by atoms with Gasteiger partial charge in [-0.3, -0.25) is 4.79 Å². The van der Waals surface area contributed by atoms with Crippen molar-refractivity contribution in [3.63, 3.8) is 0 Å². The van der Waals surface area contributed by atoms with Gasteiger partial charge in [0.2, 0.25) is 5.91 Å². The second-order valence-electron chi connectivity index (χ2n) is 6.14. The summed E-state index contributed by atoms with van der Waals surface area (Å²) in [6.07, 6.45) is 2.28. The molecule has 0 bridgehead atoms. The van der Waals surface area contributed by atoms with E-state index in [1.54, 1.807) is 12.1 Å². The van der Waals surface area contributed by atoms with Crippen LogP contribution in [0.4, 0.5) is 0 Å². The molecule has 1 amide bonds. The van der Waals surface area contributed by atoms with Crippen molar-refractivity contribution in [2.45, 2.75) is 24.9 Å². The van der Waals surface area contributed by atoms with Crippen LogP contribution in [0.1, 0.15) is 24.0 Å². The first-order valence-electron chi connectivity index (χ1n) is 7.87. The zero-order chi connectivity index (χ0) is 16.3. The van der Waals surface area contributed by atoms with Gasteiger partial charge >= 0.3 is 0 Å². The molecule has 2 N–H and O–H groups in total. The molecule has 0 radical (unpaired) electrons. The third kappa shape index (κ3) is 3.92. The Morgan fingerprint density at radius 3 is 2.39 bits per heavy atom. The average Bonchev–Trinajstić information content (AvgIpc) is 3.41. The molecule has 0 saturated heterocycles. The molecule has 1 atom stereocenters. The molecule has 0 spiro atoms. The lowest BCUT2D eigenvalue weighted by Gasteiger charge is -2.29. The Hall–Kier alpha value is -1.84. The van der Waals surface area contributed by atoms with Gasteiger partial charge in [-0.25, -0.2) is 0 Å². The molecule has 1 unspecified atom stereocenters. The zero-order valence-corrected chi connectivity index (χ0v) is 13.6. The number of rotatable bonds is 6. The van der Waals surface area contributed by atoms with Gasteiger partial charge in [-0.05, 0) is 42.0 Å². The van der Waals surface area contributed by atoms with E-state index in [1.165, 1.54) is 0 Å². The van der Waals surface area contributed by atoms with Gasteiger partial charge in [0, 0.05) is 5.02 Å². The molecule has 0 aliphatic heterocycles. The molecule has 23 heavy (non-hydrogen) atoms. The highest BCUT2D eigenvalue weighted by molar-refractivity contribution is 6.30. The van der Waals surface area contributed by atoms with Gasteiger partial charge in [-0.15, -0.1) is 0 Å². The number of hydrogen-bond acceptors (Lipinski definition) is 2. The van der Waals surface area contributed by atoms with E-state index in [0.29, 0.717) is 5.02 Å². The minimum Gasteiger partial charge on any atom is -0.383 e. The van der Waals surface area contributed by atoms with Gasteiger partial charge in [0.05, 0.1) is 13.0 Å². The second-order valence-corrected chi connectivity index (χ2v) is 6.58. The largest absolute Gasteiger partial charge is 0.383 e. The summed E-state index contributed by atoms with van der Waals surface area (Å²) in [6, 6.07) is 16.8. The maximum Gasteiger partial charge on any atom is 0.224 e. The summed E-state index contributed by atoms with van der Waals surface area (Å²) in [4.78, 5) is 12.2. The first kappa shape index (κ1) is 16.0. The summed E-state index contributed by atoms with van der Waals surface area (Å²) in [7, 11) is 0. The number of aliphatic hydroxyl groups is 1. The normalized spacial score (nSPS) is 16.6. The van der Waals surface area contributed by atoms with E-state index >= 15 is 0 Å². The molecule has 2 aromatic carbocycles. The van der Waals surface area contributed by atoms with Crippen LogP contribution in [0, 0.1) is 5.92 Å². The summed E-state index contributed by atoms with van der Waals surface area (Å²) >= 11 is 5.85. The number of benzene rings is 2. The Morgan fingerprint density at radius 2 is 1.78 bits per heavy atom. The van der Waals surface area contributed by atoms with Crippen molar-refractivity contribution in [3.8, 4) is 0 Å². The van der Waals surface area contributed by atoms with Crippen LogP contribution >= 0.6 is 11.6 Å². The quantitative estimate of drug-likeness (QED) is 0.854. The molecule has 120 valence electrons. The fourth-order valence-corrected chi connectivity index (χ4v) is 2.98. The average molecular weight is 330 g/mol. The molecule has 1 saturated carbocycles. The first-order chi connectivity index (χ1) is 11.1. The van der Waals surface area contributed by atoms with Gasteiger partial charge in [-0.2, -0.15) is 0 Å². The highest BCUT2D eigenvalue weighted by atomic mass is 35.5. The summed E-state index contributed by atoms with van der Waals surface area (Å²) in [6.45, 7) is 0.244. The SMILES string of the molecule is O=C(Cc1ccc(Cl)cc1)NCC(O)(c1ccccc1)C1CC1. The van der Waals surface area contributed by atoms with Crippen molar-refractivity contribution in [3.05, 3.63) is 70.7 Å². The predicted molar refractivity (Wildman–Crippen MR) is 91.2 cm³/mol. The van der Waals surface area contributed by atoms with Crippen LogP contribution in [0.2, 0.25) is 5.02 Å². The summed E-state index contributed by atoms with van der Waals surface area (Å²) in [5.74, 6) is 0.128. The van der Waals surface area contributed by atoms with Crippen molar-refractivity contribution >= 4 is 17.5 Å². The summed E-state index contributed by atoms with van der Waals surface area (Å²) < 4.78 is 0. The maximum absolute atomic E-state index is 12.2. The van der Waals surface area contributed by atoms with Crippen molar-refractivity contribution in [2.24, 2.45) is 5.92 Å². The highest BCUT2D eigenvalue weighted by Gasteiger charge is 2.45. The highest BCUT2D eigenvalue weighted by Crippen LogP contribution is 2.45. The standard InChI is InChI=1S/C19H20ClNO2/c20-17-10-6-14(7-11-17)12-18(22)21-13-19(23,16-8-9-16)15-4-2-1-3-5-15/h1-7,10-11,16,23H,8-9,12-13H2,(H,21,22). The molecule has 1 fully saturated rings. The minimum atomic E-state index is -0.975. The number of halogens is 1. The Kier molecular flexibility index (Phi) is 4.69. The van der Waals surface area contributed by atoms with Gasteiger partial charge in [0.25, 0.3) is 0 Å². The predicted octanol–water partition coefficient (Wildman–Crippen LogP) is 3.30. The molecular formula is C19H20ClNO2. The van der Waals surface area contributed by atoms with Crippen LogP contribution in [0.5, 0.6) is 0 Å². The van der Waals surface area contributed by atoms with Crippen LogP contribution in [0.25, 0.3) is 0 Å². The van der Waals surface area contributed by atoms with Crippen molar-refractivity contribution < 1.29 is 9.90 Å². The van der Waals surface area contributed by atoms with Gasteiger partial charge in [0.15, 0.2) is 0 Å². The maximum atomic E-state index is 12.2. The van der Waals surface area contributed by atoms with Crippen LogP contribution < -0.4 is 5.32 Å².